The monoisotopic (exact) mass is 414 g/mol. The molecule has 9 nitrogen and oxygen atoms in total. The summed E-state index contributed by atoms with van der Waals surface area (Å²) in [6.45, 7) is 2.22. The number of carbonyl (C=O) groups is 1. The highest BCUT2D eigenvalue weighted by atomic mass is 32.2. The lowest BCUT2D eigenvalue weighted by Gasteiger charge is -2.10. The smallest absolute Gasteiger partial charge is 0.327 e. The number of sulfone groups is 1. The Labute approximate surface area is 168 Å². The molecule has 0 fully saturated rings. The van der Waals surface area contributed by atoms with E-state index in [-0.39, 0.29) is 11.7 Å². The van der Waals surface area contributed by atoms with E-state index in [2.05, 4.69) is 30.9 Å². The van der Waals surface area contributed by atoms with Gasteiger partial charge in [-0.3, -0.25) is 10.6 Å². The van der Waals surface area contributed by atoms with Crippen molar-refractivity contribution in [2.24, 2.45) is 0 Å². The summed E-state index contributed by atoms with van der Waals surface area (Å²) in [5.74, 6) is 1.14. The van der Waals surface area contributed by atoms with Gasteiger partial charge in [-0.05, 0) is 31.5 Å². The average molecular weight is 414 g/mol. The number of nitrogens with zero attached hydrogens (tertiary/aromatic N) is 3. The van der Waals surface area contributed by atoms with Gasteiger partial charge in [-0.25, -0.2) is 23.2 Å². The van der Waals surface area contributed by atoms with Crippen LogP contribution in [0.2, 0.25) is 0 Å². The van der Waals surface area contributed by atoms with Gasteiger partial charge in [0.05, 0.1) is 11.3 Å². The van der Waals surface area contributed by atoms with Crippen LogP contribution in [0.15, 0.2) is 42.5 Å². The molecule has 29 heavy (non-hydrogen) atoms. The second kappa shape index (κ2) is 8.82. The highest BCUT2D eigenvalue weighted by Gasteiger charge is 2.09. The highest BCUT2D eigenvalue weighted by Crippen LogP contribution is 2.15. The Hall–Kier alpha value is -3.27. The Bertz CT molecular complexity index is 1130. The van der Waals surface area contributed by atoms with E-state index < -0.39 is 15.9 Å². The lowest BCUT2D eigenvalue weighted by molar-refractivity contribution is 0.262. The number of benzene rings is 1. The molecule has 0 unspecified atom stereocenters. The molecule has 1 aromatic carbocycles. The van der Waals surface area contributed by atoms with Crippen LogP contribution in [0.25, 0.3) is 10.9 Å². The molecule has 0 saturated heterocycles. The maximum atomic E-state index is 12.3. The molecule has 0 atom stereocenters. The van der Waals surface area contributed by atoms with Gasteiger partial charge < -0.3 is 5.32 Å². The van der Waals surface area contributed by atoms with E-state index in [4.69, 9.17) is 0 Å². The summed E-state index contributed by atoms with van der Waals surface area (Å²) in [6, 6.07) is 12.4. The molecule has 0 aliphatic rings. The van der Waals surface area contributed by atoms with Crippen molar-refractivity contribution >= 4 is 44.4 Å². The number of hydrogen-bond acceptors (Lipinski definition) is 7. The predicted molar refractivity (Wildman–Crippen MR) is 114 cm³/mol. The SMILES string of the molecule is Cc1cc(NCCCS(C)(=O)=O)nc(NC(=O)Nc2ccc3ccccc3n2)n1. The quantitative estimate of drug-likeness (QED) is 0.508. The number of para-hydroxylation sites is 1. The summed E-state index contributed by atoms with van der Waals surface area (Å²) in [6.07, 6.45) is 1.66. The fourth-order valence-electron chi connectivity index (χ4n) is 2.65. The first-order chi connectivity index (χ1) is 13.8. The minimum Gasteiger partial charge on any atom is -0.370 e. The molecule has 2 amide bonds. The maximum absolute atomic E-state index is 12.3. The maximum Gasteiger partial charge on any atom is 0.327 e. The molecule has 2 aromatic heterocycles. The molecular weight excluding hydrogens is 392 g/mol. The van der Waals surface area contributed by atoms with Gasteiger partial charge in [0.25, 0.3) is 0 Å². The van der Waals surface area contributed by atoms with Crippen molar-refractivity contribution in [3.05, 3.63) is 48.2 Å². The Morgan fingerprint density at radius 3 is 2.59 bits per heavy atom. The molecule has 3 aromatic rings. The van der Waals surface area contributed by atoms with Crippen molar-refractivity contribution in [3.8, 4) is 0 Å². The highest BCUT2D eigenvalue weighted by molar-refractivity contribution is 7.90. The molecule has 152 valence electrons. The van der Waals surface area contributed by atoms with Crippen molar-refractivity contribution in [1.29, 1.82) is 0 Å². The summed E-state index contributed by atoms with van der Waals surface area (Å²) < 4.78 is 22.4. The third kappa shape index (κ3) is 6.39. The number of hydrogen-bond donors (Lipinski definition) is 3. The average Bonchev–Trinajstić information content (AvgIpc) is 2.64. The molecule has 0 aliphatic heterocycles. The van der Waals surface area contributed by atoms with Gasteiger partial charge in [0.15, 0.2) is 0 Å². The largest absolute Gasteiger partial charge is 0.370 e. The minimum absolute atomic E-state index is 0.0936. The Kier molecular flexibility index (Phi) is 6.23. The summed E-state index contributed by atoms with van der Waals surface area (Å²) in [5.41, 5.74) is 1.43. The van der Waals surface area contributed by atoms with Crippen LogP contribution in [-0.4, -0.2) is 48.0 Å². The van der Waals surface area contributed by atoms with E-state index in [0.29, 0.717) is 30.3 Å². The zero-order chi connectivity index (χ0) is 20.9. The van der Waals surface area contributed by atoms with E-state index in [9.17, 15) is 13.2 Å². The third-order valence-corrected chi connectivity index (χ3v) is 4.95. The van der Waals surface area contributed by atoms with Gasteiger partial charge in [0.2, 0.25) is 5.95 Å². The molecular formula is C19H22N6O3S. The van der Waals surface area contributed by atoms with E-state index in [1.165, 1.54) is 6.26 Å². The van der Waals surface area contributed by atoms with Crippen molar-refractivity contribution in [3.63, 3.8) is 0 Å². The first kappa shape index (κ1) is 20.5. The second-order valence-corrected chi connectivity index (χ2v) is 8.86. The van der Waals surface area contributed by atoms with Crippen molar-refractivity contribution in [2.45, 2.75) is 13.3 Å². The standard InChI is InChI=1S/C19H22N6O3S/c1-13-12-17(20-10-5-11-29(2,27)28)23-18(21-13)25-19(26)24-16-9-8-14-6-3-4-7-15(14)22-16/h3-4,6-9,12H,5,10-11H2,1-2H3,(H3,20,21,22,23,24,25,26). The van der Waals surface area contributed by atoms with Crippen molar-refractivity contribution < 1.29 is 13.2 Å². The number of aryl methyl sites for hydroxylation is 1. The van der Waals surface area contributed by atoms with E-state index in [1.54, 1.807) is 19.1 Å². The van der Waals surface area contributed by atoms with E-state index in [1.807, 2.05) is 30.3 Å². The van der Waals surface area contributed by atoms with Crippen LogP contribution < -0.4 is 16.0 Å². The van der Waals surface area contributed by atoms with E-state index >= 15 is 0 Å². The molecule has 0 bridgehead atoms. The molecule has 3 N–H and O–H groups in total. The summed E-state index contributed by atoms with van der Waals surface area (Å²) in [7, 11) is -3.00. The van der Waals surface area contributed by atoms with Crippen molar-refractivity contribution in [2.75, 3.05) is 34.5 Å². The summed E-state index contributed by atoms with van der Waals surface area (Å²) in [5, 5.41) is 9.27. The van der Waals surface area contributed by atoms with Crippen molar-refractivity contribution in [1.82, 2.24) is 15.0 Å². The predicted octanol–water partition coefficient (Wildman–Crippen LogP) is 2.82. The Morgan fingerprint density at radius 1 is 1.00 bits per heavy atom. The number of amides is 2. The van der Waals surface area contributed by atoms with Crippen LogP contribution in [0.4, 0.5) is 22.4 Å². The van der Waals surface area contributed by atoms with Gasteiger partial charge in [-0.2, -0.15) is 4.98 Å². The van der Waals surface area contributed by atoms with E-state index in [0.717, 1.165) is 10.9 Å². The van der Waals surface area contributed by atoms with Crippen LogP contribution in [0, 0.1) is 6.92 Å². The first-order valence-corrected chi connectivity index (χ1v) is 11.1. The summed E-state index contributed by atoms with van der Waals surface area (Å²) in [4.78, 5) is 25.1. The third-order valence-electron chi connectivity index (χ3n) is 3.92. The number of anilines is 3. The Balaban J connectivity index is 1.61. The number of urea groups is 1. The number of pyridine rings is 1. The molecule has 0 aliphatic carbocycles. The molecule has 3 rings (SSSR count). The van der Waals surface area contributed by atoms with Gasteiger partial charge in [-0.1, -0.05) is 18.2 Å². The molecule has 0 spiro atoms. The van der Waals surface area contributed by atoms with Crippen LogP contribution in [0.3, 0.4) is 0 Å². The second-order valence-electron chi connectivity index (χ2n) is 6.60. The Morgan fingerprint density at radius 2 is 1.79 bits per heavy atom. The van der Waals surface area contributed by atoms with Gasteiger partial charge in [0.1, 0.15) is 21.5 Å². The zero-order valence-electron chi connectivity index (χ0n) is 16.1. The zero-order valence-corrected chi connectivity index (χ0v) is 17.0. The molecule has 0 saturated carbocycles. The number of aromatic nitrogens is 3. The fraction of sp³-hybridized carbons (Fsp3) is 0.263. The molecule has 2 heterocycles. The molecule has 10 heteroatoms. The normalized spacial score (nSPS) is 11.2. The van der Waals surface area contributed by atoms with Gasteiger partial charge >= 0.3 is 6.03 Å². The lowest BCUT2D eigenvalue weighted by Crippen LogP contribution is -2.22. The van der Waals surface area contributed by atoms with Crippen LogP contribution >= 0.6 is 0 Å². The lowest BCUT2D eigenvalue weighted by atomic mass is 10.2. The first-order valence-electron chi connectivity index (χ1n) is 8.99. The van der Waals surface area contributed by atoms with Gasteiger partial charge in [-0.15, -0.1) is 0 Å². The fourth-order valence-corrected chi connectivity index (χ4v) is 3.32. The number of nitrogens with one attached hydrogen (secondary N) is 3. The van der Waals surface area contributed by atoms with Crippen LogP contribution in [0.5, 0.6) is 0 Å². The number of carbonyl (C=O) groups excluding carboxylic acids is 1. The molecule has 0 radical (unpaired) electrons. The van der Waals surface area contributed by atoms with Crippen LogP contribution in [0.1, 0.15) is 12.1 Å². The number of fused-ring (bicyclic) bond motifs is 1. The summed E-state index contributed by atoms with van der Waals surface area (Å²) >= 11 is 0. The topological polar surface area (TPSA) is 126 Å². The van der Waals surface area contributed by atoms with Crippen LogP contribution in [-0.2, 0) is 9.84 Å². The minimum atomic E-state index is -3.00. The number of rotatable bonds is 7. The van der Waals surface area contributed by atoms with Gasteiger partial charge in [0, 0.05) is 29.9 Å².